The highest BCUT2D eigenvalue weighted by Crippen LogP contribution is 2.19. The zero-order valence-electron chi connectivity index (χ0n) is 12.7. The molecule has 124 valence electrons. The first kappa shape index (κ1) is 17.4. The molecule has 0 spiro atoms. The number of hydrogen-bond donors (Lipinski definition) is 1. The Balaban J connectivity index is 1.60. The van der Waals surface area contributed by atoms with Gasteiger partial charge in [-0.3, -0.25) is 4.79 Å². The number of piperidine rings is 1. The Kier molecular flexibility index (Phi) is 6.34. The quantitative estimate of drug-likeness (QED) is 0.753. The number of sulfonamides is 1. The van der Waals surface area contributed by atoms with Crippen LogP contribution >= 0.6 is 11.8 Å². The largest absolute Gasteiger partial charge is 0.468 e. The fraction of sp³-hybridized carbons (Fsp3) is 0.643. The van der Waals surface area contributed by atoms with Crippen LogP contribution in [0.25, 0.3) is 0 Å². The van der Waals surface area contributed by atoms with E-state index in [1.807, 2.05) is 12.1 Å². The first-order chi connectivity index (χ1) is 10.5. The maximum absolute atomic E-state index is 12.0. The van der Waals surface area contributed by atoms with Crippen LogP contribution in [0.3, 0.4) is 0 Å². The molecular weight excluding hydrogens is 324 g/mol. The van der Waals surface area contributed by atoms with Crippen LogP contribution in [0.2, 0.25) is 0 Å². The number of carbonyl (C=O) groups excluding carboxylic acids is 1. The van der Waals surface area contributed by atoms with Gasteiger partial charge in [0.2, 0.25) is 15.9 Å². The first-order valence-electron chi connectivity index (χ1n) is 7.30. The summed E-state index contributed by atoms with van der Waals surface area (Å²) in [5.74, 6) is 2.52. The number of nitrogens with one attached hydrogen (secondary N) is 1. The Labute approximate surface area is 135 Å². The molecule has 1 amide bonds. The van der Waals surface area contributed by atoms with Crippen LogP contribution in [0, 0.1) is 5.92 Å². The van der Waals surface area contributed by atoms with Gasteiger partial charge in [0.25, 0.3) is 0 Å². The first-order valence-corrected chi connectivity index (χ1v) is 10.3. The van der Waals surface area contributed by atoms with Crippen LogP contribution < -0.4 is 5.32 Å². The Hall–Kier alpha value is -0.990. The van der Waals surface area contributed by atoms with E-state index in [9.17, 15) is 13.2 Å². The lowest BCUT2D eigenvalue weighted by atomic mass is 9.97. The Morgan fingerprint density at radius 3 is 2.77 bits per heavy atom. The van der Waals surface area contributed by atoms with Crippen LogP contribution in [-0.4, -0.2) is 50.3 Å². The van der Waals surface area contributed by atoms with Gasteiger partial charge in [-0.2, -0.15) is 11.8 Å². The zero-order chi connectivity index (χ0) is 16.0. The highest BCUT2D eigenvalue weighted by molar-refractivity contribution is 7.98. The fourth-order valence-electron chi connectivity index (χ4n) is 2.41. The summed E-state index contributed by atoms with van der Waals surface area (Å²) in [7, 11) is -3.13. The Morgan fingerprint density at radius 2 is 2.18 bits per heavy atom. The zero-order valence-corrected chi connectivity index (χ0v) is 14.3. The molecule has 0 aromatic carbocycles. The predicted molar refractivity (Wildman–Crippen MR) is 87.0 cm³/mol. The second-order valence-electron chi connectivity index (χ2n) is 5.36. The highest BCUT2D eigenvalue weighted by atomic mass is 32.2. The van der Waals surface area contributed by atoms with Gasteiger partial charge in [-0.1, -0.05) is 0 Å². The van der Waals surface area contributed by atoms with Gasteiger partial charge in [0, 0.05) is 31.3 Å². The Morgan fingerprint density at radius 1 is 1.45 bits per heavy atom. The molecule has 2 rings (SSSR count). The SMILES string of the molecule is CS(=O)(=O)N1CCC(C(=O)NCCSCc2ccco2)CC1. The van der Waals surface area contributed by atoms with Crippen molar-refractivity contribution in [2.45, 2.75) is 18.6 Å². The van der Waals surface area contributed by atoms with Gasteiger partial charge in [0.1, 0.15) is 5.76 Å². The van der Waals surface area contributed by atoms with Crippen molar-refractivity contribution in [1.82, 2.24) is 9.62 Å². The minimum Gasteiger partial charge on any atom is -0.468 e. The van der Waals surface area contributed by atoms with Gasteiger partial charge in [-0.25, -0.2) is 12.7 Å². The number of hydrogen-bond acceptors (Lipinski definition) is 5. The third kappa shape index (κ3) is 5.33. The minimum absolute atomic E-state index is 0.0340. The van der Waals surface area contributed by atoms with Gasteiger partial charge in [-0.05, 0) is 25.0 Å². The van der Waals surface area contributed by atoms with E-state index >= 15 is 0 Å². The number of carbonyl (C=O) groups is 1. The van der Waals surface area contributed by atoms with Crippen molar-refractivity contribution in [2.75, 3.05) is 31.6 Å². The second kappa shape index (κ2) is 8.03. The summed E-state index contributed by atoms with van der Waals surface area (Å²) in [6, 6.07) is 3.79. The molecule has 0 bridgehead atoms. The van der Waals surface area contributed by atoms with Crippen molar-refractivity contribution in [3.8, 4) is 0 Å². The number of rotatable bonds is 7. The van der Waals surface area contributed by atoms with E-state index in [1.54, 1.807) is 18.0 Å². The molecule has 22 heavy (non-hydrogen) atoms. The summed E-state index contributed by atoms with van der Waals surface area (Å²) in [5.41, 5.74) is 0. The predicted octanol–water partition coefficient (Wildman–Crippen LogP) is 1.30. The summed E-state index contributed by atoms with van der Waals surface area (Å²) in [5, 5.41) is 2.93. The van der Waals surface area contributed by atoms with Crippen molar-refractivity contribution in [2.24, 2.45) is 5.92 Å². The average Bonchev–Trinajstić information content (AvgIpc) is 2.99. The van der Waals surface area contributed by atoms with E-state index in [0.717, 1.165) is 17.3 Å². The summed E-state index contributed by atoms with van der Waals surface area (Å²) in [4.78, 5) is 12.0. The third-order valence-corrected chi connectivity index (χ3v) is 5.95. The van der Waals surface area contributed by atoms with E-state index in [-0.39, 0.29) is 11.8 Å². The average molecular weight is 346 g/mol. The van der Waals surface area contributed by atoms with Gasteiger partial charge in [0.05, 0.1) is 18.3 Å². The molecule has 1 saturated heterocycles. The van der Waals surface area contributed by atoms with Crippen molar-refractivity contribution in [3.05, 3.63) is 24.2 Å². The number of thioether (sulfide) groups is 1. The van der Waals surface area contributed by atoms with E-state index in [2.05, 4.69) is 5.32 Å². The molecule has 0 atom stereocenters. The summed E-state index contributed by atoms with van der Waals surface area (Å²) >= 11 is 1.71. The lowest BCUT2D eigenvalue weighted by Gasteiger charge is -2.29. The van der Waals surface area contributed by atoms with Gasteiger partial charge in [-0.15, -0.1) is 0 Å². The lowest BCUT2D eigenvalue weighted by Crippen LogP contribution is -2.42. The maximum Gasteiger partial charge on any atom is 0.223 e. The normalized spacial score (nSPS) is 17.5. The second-order valence-corrected chi connectivity index (χ2v) is 8.45. The molecule has 1 fully saturated rings. The summed E-state index contributed by atoms with van der Waals surface area (Å²) in [6.07, 6.45) is 4.06. The van der Waals surface area contributed by atoms with Gasteiger partial charge in [0.15, 0.2) is 0 Å². The molecule has 1 aliphatic heterocycles. The molecule has 6 nitrogen and oxygen atoms in total. The molecular formula is C14H22N2O4S2. The molecule has 1 aromatic rings. The molecule has 0 unspecified atom stereocenters. The van der Waals surface area contributed by atoms with E-state index < -0.39 is 10.0 Å². The fourth-order valence-corrected chi connectivity index (χ4v) is 4.04. The molecule has 0 aliphatic carbocycles. The molecule has 0 radical (unpaired) electrons. The third-order valence-electron chi connectivity index (χ3n) is 3.66. The van der Waals surface area contributed by atoms with E-state index in [1.165, 1.54) is 10.6 Å². The summed E-state index contributed by atoms with van der Waals surface area (Å²) < 4.78 is 29.5. The van der Waals surface area contributed by atoms with Crippen molar-refractivity contribution < 1.29 is 17.6 Å². The summed E-state index contributed by atoms with van der Waals surface area (Å²) in [6.45, 7) is 1.49. The number of nitrogens with zero attached hydrogens (tertiary/aromatic N) is 1. The lowest BCUT2D eigenvalue weighted by molar-refractivity contribution is -0.125. The van der Waals surface area contributed by atoms with Crippen molar-refractivity contribution >= 4 is 27.7 Å². The van der Waals surface area contributed by atoms with Gasteiger partial charge >= 0.3 is 0 Å². The monoisotopic (exact) mass is 346 g/mol. The molecule has 1 aromatic heterocycles. The molecule has 0 saturated carbocycles. The number of amides is 1. The van der Waals surface area contributed by atoms with Gasteiger partial charge < -0.3 is 9.73 Å². The van der Waals surface area contributed by atoms with Crippen LogP contribution in [0.15, 0.2) is 22.8 Å². The van der Waals surface area contributed by atoms with Crippen LogP contribution in [0.4, 0.5) is 0 Å². The van der Waals surface area contributed by atoms with Crippen molar-refractivity contribution in [1.29, 1.82) is 0 Å². The molecule has 1 N–H and O–H groups in total. The molecule has 2 heterocycles. The smallest absolute Gasteiger partial charge is 0.223 e. The number of furan rings is 1. The van der Waals surface area contributed by atoms with Crippen LogP contribution in [0.1, 0.15) is 18.6 Å². The maximum atomic E-state index is 12.0. The van der Waals surface area contributed by atoms with E-state index in [0.29, 0.717) is 32.5 Å². The topological polar surface area (TPSA) is 79.6 Å². The van der Waals surface area contributed by atoms with E-state index in [4.69, 9.17) is 4.42 Å². The molecule has 8 heteroatoms. The van der Waals surface area contributed by atoms with Crippen LogP contribution in [0.5, 0.6) is 0 Å². The van der Waals surface area contributed by atoms with Crippen LogP contribution in [-0.2, 0) is 20.6 Å². The minimum atomic E-state index is -3.13. The standard InChI is InChI=1S/C14H22N2O4S2/c1-22(18,19)16-7-4-12(5-8-16)14(17)15-6-10-21-11-13-3-2-9-20-13/h2-3,9,12H,4-8,10-11H2,1H3,(H,15,17). The Bertz CT molecular complexity index is 564. The highest BCUT2D eigenvalue weighted by Gasteiger charge is 2.28. The van der Waals surface area contributed by atoms with Crippen molar-refractivity contribution in [3.63, 3.8) is 0 Å². The molecule has 1 aliphatic rings.